The second-order valence-corrected chi connectivity index (χ2v) is 5.31. The Hall–Kier alpha value is -2.27. The van der Waals surface area contributed by atoms with Crippen molar-refractivity contribution in [3.63, 3.8) is 0 Å². The molecule has 0 aliphatic carbocycles. The number of carbonyl (C=O) groups is 1. The molecule has 0 saturated carbocycles. The first kappa shape index (κ1) is 17.1. The molecule has 2 aromatic carbocycles. The lowest BCUT2D eigenvalue weighted by molar-refractivity contribution is -0.137. The van der Waals surface area contributed by atoms with Gasteiger partial charge in [-0.25, -0.2) is 0 Å². The minimum atomic E-state index is -4.53. The van der Waals surface area contributed by atoms with Crippen LogP contribution in [-0.4, -0.2) is 5.78 Å². The number of carbonyl (C=O) groups excluding carboxylic acids is 1. The number of benzene rings is 2. The van der Waals surface area contributed by atoms with Gasteiger partial charge in [0.2, 0.25) is 0 Å². The van der Waals surface area contributed by atoms with E-state index in [4.69, 9.17) is 11.6 Å². The van der Waals surface area contributed by atoms with Gasteiger partial charge in [-0.3, -0.25) is 4.79 Å². The zero-order valence-corrected chi connectivity index (χ0v) is 12.9. The molecule has 0 bridgehead atoms. The number of aryl methyl sites for hydroxylation is 1. The van der Waals surface area contributed by atoms with Gasteiger partial charge in [0.05, 0.1) is 10.6 Å². The lowest BCUT2D eigenvalue weighted by Gasteiger charge is -2.10. The molecule has 120 valence electrons. The van der Waals surface area contributed by atoms with E-state index in [2.05, 4.69) is 5.32 Å². The lowest BCUT2D eigenvalue weighted by atomic mass is 10.1. The largest absolute Gasteiger partial charge is 0.417 e. The van der Waals surface area contributed by atoms with E-state index in [0.717, 1.165) is 17.7 Å². The number of ketones is 1. The van der Waals surface area contributed by atoms with Crippen LogP contribution in [0.5, 0.6) is 0 Å². The summed E-state index contributed by atoms with van der Waals surface area (Å²) in [6, 6.07) is 10.4. The number of halogens is 4. The first-order valence-corrected chi connectivity index (χ1v) is 7.06. The minimum absolute atomic E-state index is 0.190. The summed E-state index contributed by atoms with van der Waals surface area (Å²) < 4.78 is 38.2. The van der Waals surface area contributed by atoms with Gasteiger partial charge in [0.25, 0.3) is 0 Å². The van der Waals surface area contributed by atoms with Crippen molar-refractivity contribution in [2.24, 2.45) is 0 Å². The van der Waals surface area contributed by atoms with Gasteiger partial charge < -0.3 is 5.32 Å². The van der Waals surface area contributed by atoms with Gasteiger partial charge in [0, 0.05) is 23.5 Å². The molecule has 0 fully saturated rings. The summed E-state index contributed by atoms with van der Waals surface area (Å²) >= 11 is 5.54. The second-order valence-electron chi connectivity index (χ2n) is 4.90. The van der Waals surface area contributed by atoms with E-state index in [1.165, 1.54) is 18.3 Å². The zero-order chi connectivity index (χ0) is 17.0. The molecule has 23 heavy (non-hydrogen) atoms. The maximum absolute atomic E-state index is 12.7. The van der Waals surface area contributed by atoms with E-state index in [9.17, 15) is 18.0 Å². The van der Waals surface area contributed by atoms with Gasteiger partial charge in [0.1, 0.15) is 0 Å². The molecule has 0 unspecified atom stereocenters. The molecule has 6 heteroatoms. The van der Waals surface area contributed by atoms with Gasteiger partial charge in [0.15, 0.2) is 5.78 Å². The zero-order valence-electron chi connectivity index (χ0n) is 12.1. The minimum Gasteiger partial charge on any atom is -0.362 e. The van der Waals surface area contributed by atoms with Crippen molar-refractivity contribution in [1.29, 1.82) is 0 Å². The number of alkyl halides is 3. The van der Waals surface area contributed by atoms with Crippen molar-refractivity contribution in [1.82, 2.24) is 0 Å². The first-order chi connectivity index (χ1) is 10.8. The average molecular weight is 340 g/mol. The van der Waals surface area contributed by atoms with Crippen LogP contribution < -0.4 is 5.32 Å². The molecule has 0 aliphatic rings. The highest BCUT2D eigenvalue weighted by Gasteiger charge is 2.33. The number of hydrogen-bond acceptors (Lipinski definition) is 2. The molecule has 2 aromatic rings. The maximum Gasteiger partial charge on any atom is 0.417 e. The number of allylic oxidation sites excluding steroid dienone is 1. The van der Waals surface area contributed by atoms with E-state index < -0.39 is 11.7 Å². The Labute approximate surface area is 136 Å². The van der Waals surface area contributed by atoms with Crippen LogP contribution in [0.4, 0.5) is 18.9 Å². The van der Waals surface area contributed by atoms with E-state index in [1.807, 2.05) is 19.1 Å². The molecule has 0 saturated heterocycles. The number of hydrogen-bond donors (Lipinski definition) is 1. The topological polar surface area (TPSA) is 29.1 Å². The third kappa shape index (κ3) is 4.60. The molecule has 1 N–H and O–H groups in total. The van der Waals surface area contributed by atoms with Crippen molar-refractivity contribution >= 4 is 23.1 Å². The van der Waals surface area contributed by atoms with Gasteiger partial charge in [-0.05, 0) is 25.1 Å². The molecule has 0 aromatic heterocycles. The van der Waals surface area contributed by atoms with Gasteiger partial charge in [-0.15, -0.1) is 0 Å². The quantitative estimate of drug-likeness (QED) is 0.590. The molecule has 2 rings (SSSR count). The second kappa shape index (κ2) is 6.87. The van der Waals surface area contributed by atoms with Crippen LogP contribution in [0.15, 0.2) is 54.7 Å². The van der Waals surface area contributed by atoms with Gasteiger partial charge in [-0.1, -0.05) is 41.4 Å². The summed E-state index contributed by atoms with van der Waals surface area (Å²) in [5, 5.41) is 2.26. The van der Waals surface area contributed by atoms with Crippen LogP contribution >= 0.6 is 11.6 Å². The van der Waals surface area contributed by atoms with E-state index in [-0.39, 0.29) is 16.5 Å². The van der Waals surface area contributed by atoms with Crippen LogP contribution in [0.2, 0.25) is 5.02 Å². The van der Waals surface area contributed by atoms with Crippen LogP contribution in [0, 0.1) is 6.92 Å². The van der Waals surface area contributed by atoms with Crippen molar-refractivity contribution < 1.29 is 18.0 Å². The van der Waals surface area contributed by atoms with Crippen LogP contribution in [-0.2, 0) is 6.18 Å². The third-order valence-electron chi connectivity index (χ3n) is 3.09. The maximum atomic E-state index is 12.7. The van der Waals surface area contributed by atoms with Crippen molar-refractivity contribution in [2.75, 3.05) is 5.32 Å². The van der Waals surface area contributed by atoms with Crippen LogP contribution in [0.3, 0.4) is 0 Å². The Kier molecular flexibility index (Phi) is 5.11. The lowest BCUT2D eigenvalue weighted by Crippen LogP contribution is -2.06. The Bertz CT molecular complexity index is 736. The molecule has 0 aliphatic heterocycles. The Morgan fingerprint density at radius 1 is 1.13 bits per heavy atom. The first-order valence-electron chi connectivity index (χ1n) is 6.68. The highest BCUT2D eigenvalue weighted by molar-refractivity contribution is 6.31. The van der Waals surface area contributed by atoms with Crippen LogP contribution in [0.25, 0.3) is 0 Å². The molecule has 2 nitrogen and oxygen atoms in total. The highest BCUT2D eigenvalue weighted by atomic mass is 35.5. The summed E-state index contributed by atoms with van der Waals surface area (Å²) in [6.45, 7) is 1.91. The van der Waals surface area contributed by atoms with E-state index in [0.29, 0.717) is 5.56 Å². The number of rotatable bonds is 4. The molecule has 0 amide bonds. The SMILES string of the molecule is Cc1ccc(C(=O)/C=C/Nc2ccc(Cl)c(C(F)(F)F)c2)cc1. The number of anilines is 1. The molecule has 0 heterocycles. The smallest absolute Gasteiger partial charge is 0.362 e. The van der Waals surface area contributed by atoms with Crippen LogP contribution in [0.1, 0.15) is 21.5 Å². The van der Waals surface area contributed by atoms with Gasteiger partial charge in [-0.2, -0.15) is 13.2 Å². The van der Waals surface area contributed by atoms with E-state index >= 15 is 0 Å². The summed E-state index contributed by atoms with van der Waals surface area (Å²) in [4.78, 5) is 11.9. The molecule has 0 atom stereocenters. The van der Waals surface area contributed by atoms with Crippen molar-refractivity contribution in [3.8, 4) is 0 Å². The monoisotopic (exact) mass is 339 g/mol. The Balaban J connectivity index is 2.08. The molecule has 0 spiro atoms. The number of nitrogens with one attached hydrogen (secondary N) is 1. The third-order valence-corrected chi connectivity index (χ3v) is 3.42. The highest BCUT2D eigenvalue weighted by Crippen LogP contribution is 2.36. The predicted molar refractivity (Wildman–Crippen MR) is 84.7 cm³/mol. The fourth-order valence-electron chi connectivity index (χ4n) is 1.86. The predicted octanol–water partition coefficient (Wildman–Crippen LogP) is 5.48. The average Bonchev–Trinajstić information content (AvgIpc) is 2.48. The summed E-state index contributed by atoms with van der Waals surface area (Å²) in [5.74, 6) is -0.248. The van der Waals surface area contributed by atoms with E-state index in [1.54, 1.807) is 12.1 Å². The van der Waals surface area contributed by atoms with Crippen molar-refractivity contribution in [3.05, 3.63) is 76.5 Å². The fourth-order valence-corrected chi connectivity index (χ4v) is 2.08. The standard InChI is InChI=1S/C17H13ClF3NO/c1-11-2-4-12(5-3-11)16(23)8-9-22-13-6-7-15(18)14(10-13)17(19,20)21/h2-10,22H,1H3/b9-8+. The Morgan fingerprint density at radius 3 is 2.39 bits per heavy atom. The van der Waals surface area contributed by atoms with Gasteiger partial charge >= 0.3 is 6.18 Å². The molecular weight excluding hydrogens is 327 g/mol. The summed E-state index contributed by atoms with van der Waals surface area (Å²) in [7, 11) is 0. The summed E-state index contributed by atoms with van der Waals surface area (Å²) in [5.41, 5.74) is 0.794. The fraction of sp³-hybridized carbons (Fsp3) is 0.118. The normalized spacial score (nSPS) is 11.7. The Morgan fingerprint density at radius 2 is 1.78 bits per heavy atom. The molecule has 0 radical (unpaired) electrons. The summed E-state index contributed by atoms with van der Waals surface area (Å²) in [6.07, 6.45) is -1.98. The molecular formula is C17H13ClF3NO. The van der Waals surface area contributed by atoms with Crippen molar-refractivity contribution in [2.45, 2.75) is 13.1 Å².